The van der Waals surface area contributed by atoms with Gasteiger partial charge in [0.05, 0.1) is 40.6 Å². The van der Waals surface area contributed by atoms with Gasteiger partial charge in [-0.3, -0.25) is 5.10 Å². The molecule has 9 nitrogen and oxygen atoms in total. The molecule has 0 radical (unpaired) electrons. The van der Waals surface area contributed by atoms with E-state index in [4.69, 9.17) is 9.72 Å². The summed E-state index contributed by atoms with van der Waals surface area (Å²) in [6.07, 6.45) is 3.21. The Labute approximate surface area is 173 Å². The van der Waals surface area contributed by atoms with Crippen molar-refractivity contribution >= 4 is 26.7 Å². The molecule has 30 heavy (non-hydrogen) atoms. The summed E-state index contributed by atoms with van der Waals surface area (Å²) in [6.45, 7) is 3.77. The van der Waals surface area contributed by atoms with Gasteiger partial charge in [0.25, 0.3) is 0 Å². The smallest absolute Gasteiger partial charge is 0.207 e. The number of rotatable bonds is 4. The average molecular weight is 424 g/mol. The van der Waals surface area contributed by atoms with E-state index >= 15 is 0 Å². The maximum absolute atomic E-state index is 13.5. The van der Waals surface area contributed by atoms with Gasteiger partial charge >= 0.3 is 0 Å². The number of nitrogens with one attached hydrogen (secondary N) is 1. The van der Waals surface area contributed by atoms with Crippen LogP contribution in [-0.4, -0.2) is 59.2 Å². The van der Waals surface area contributed by atoms with Crippen molar-refractivity contribution in [1.82, 2.24) is 25.0 Å². The number of ether oxygens (including phenoxy) is 1. The van der Waals surface area contributed by atoms with Gasteiger partial charge in [-0.15, -0.1) is 0 Å². The quantitative estimate of drug-likeness (QED) is 0.535. The summed E-state index contributed by atoms with van der Waals surface area (Å²) in [5.74, 6) is 1.11. The number of pyridine rings is 1. The molecule has 4 heterocycles. The fourth-order valence-electron chi connectivity index (χ4n) is 3.66. The van der Waals surface area contributed by atoms with Gasteiger partial charge < -0.3 is 9.64 Å². The minimum atomic E-state index is -3.78. The lowest BCUT2D eigenvalue weighted by molar-refractivity contribution is 0.0985. The summed E-state index contributed by atoms with van der Waals surface area (Å²) in [5.41, 5.74) is 0.438. The predicted octanol–water partition coefficient (Wildman–Crippen LogP) is 2.20. The minimum Gasteiger partial charge on any atom is -0.377 e. The van der Waals surface area contributed by atoms with Crippen LogP contribution < -0.4 is 4.90 Å². The molecule has 1 fully saturated rings. The van der Waals surface area contributed by atoms with E-state index in [1.54, 1.807) is 53.3 Å². The van der Waals surface area contributed by atoms with Crippen molar-refractivity contribution < 1.29 is 13.2 Å². The van der Waals surface area contributed by atoms with Crippen molar-refractivity contribution in [2.24, 2.45) is 0 Å². The fourth-order valence-corrected chi connectivity index (χ4v) is 5.12. The zero-order valence-electron chi connectivity index (χ0n) is 16.3. The van der Waals surface area contributed by atoms with E-state index < -0.39 is 9.84 Å². The van der Waals surface area contributed by atoms with Gasteiger partial charge in [-0.25, -0.2) is 13.4 Å². The predicted molar refractivity (Wildman–Crippen MR) is 111 cm³/mol. The van der Waals surface area contributed by atoms with Crippen LogP contribution in [-0.2, 0) is 14.6 Å². The van der Waals surface area contributed by atoms with E-state index in [9.17, 15) is 8.42 Å². The number of anilines is 1. The molecular weight excluding hydrogens is 404 g/mol. The molecule has 0 amide bonds. The molecule has 1 atom stereocenters. The number of nitrogens with zero attached hydrogens (tertiary/aromatic N) is 5. The van der Waals surface area contributed by atoms with Crippen molar-refractivity contribution in [3.8, 4) is 5.82 Å². The van der Waals surface area contributed by atoms with E-state index in [0.717, 1.165) is 0 Å². The van der Waals surface area contributed by atoms with Crippen LogP contribution in [0.3, 0.4) is 0 Å². The number of benzene rings is 1. The Morgan fingerprint density at radius 3 is 2.73 bits per heavy atom. The number of sulfone groups is 1. The monoisotopic (exact) mass is 424 g/mol. The molecular formula is C20H20N6O3S. The molecule has 1 saturated heterocycles. The highest BCUT2D eigenvalue weighted by Gasteiger charge is 2.28. The van der Waals surface area contributed by atoms with Crippen LogP contribution in [0.15, 0.2) is 64.6 Å². The van der Waals surface area contributed by atoms with Gasteiger partial charge in [-0.1, -0.05) is 18.2 Å². The number of hydrogen-bond acceptors (Lipinski definition) is 7. The van der Waals surface area contributed by atoms with Gasteiger partial charge in [0, 0.05) is 24.9 Å². The molecule has 10 heteroatoms. The minimum absolute atomic E-state index is 0.0673. The first-order valence-corrected chi connectivity index (χ1v) is 11.1. The fraction of sp³-hybridized carbons (Fsp3) is 0.250. The van der Waals surface area contributed by atoms with Crippen molar-refractivity contribution in [2.75, 3.05) is 24.7 Å². The standard InChI is InChI=1S/C20H20N6O3S/c1-14-13-29-10-9-25(14)19-11-17(30(27,28)15-5-3-2-4-6-15)16-12-22-26(20(16)23-19)18-7-8-21-24-18/h2-8,11-12,14H,9-10,13H2,1H3,(H,21,24)/t14-/m1/s1. The molecule has 0 bridgehead atoms. The number of morpholine rings is 1. The van der Waals surface area contributed by atoms with Crippen LogP contribution in [0.25, 0.3) is 16.9 Å². The first-order valence-electron chi connectivity index (χ1n) is 9.59. The number of aromatic nitrogens is 5. The molecule has 0 unspecified atom stereocenters. The Bertz CT molecular complexity index is 1290. The second-order valence-electron chi connectivity index (χ2n) is 7.14. The summed E-state index contributed by atoms with van der Waals surface area (Å²) in [5, 5.41) is 11.7. The third kappa shape index (κ3) is 3.04. The second-order valence-corrected chi connectivity index (χ2v) is 9.06. The molecule has 1 N–H and O–H groups in total. The Morgan fingerprint density at radius 2 is 2.00 bits per heavy atom. The second kappa shape index (κ2) is 7.22. The Hall–Kier alpha value is -3.24. The van der Waals surface area contributed by atoms with E-state index in [1.807, 2.05) is 6.92 Å². The van der Waals surface area contributed by atoms with Gasteiger partial charge in [0.1, 0.15) is 5.82 Å². The van der Waals surface area contributed by atoms with Crippen LogP contribution in [0.4, 0.5) is 5.82 Å². The van der Waals surface area contributed by atoms with Crippen LogP contribution >= 0.6 is 0 Å². The lowest BCUT2D eigenvalue weighted by Gasteiger charge is -2.34. The summed E-state index contributed by atoms with van der Waals surface area (Å²) < 4.78 is 34.1. The highest BCUT2D eigenvalue weighted by Crippen LogP contribution is 2.32. The number of hydrogen-bond donors (Lipinski definition) is 1. The van der Waals surface area contributed by atoms with Crippen molar-refractivity contribution in [3.63, 3.8) is 0 Å². The maximum atomic E-state index is 13.5. The summed E-state index contributed by atoms with van der Waals surface area (Å²) in [6, 6.07) is 11.9. The third-order valence-electron chi connectivity index (χ3n) is 5.20. The maximum Gasteiger partial charge on any atom is 0.207 e. The first kappa shape index (κ1) is 18.8. The Balaban J connectivity index is 1.77. The van der Waals surface area contributed by atoms with Gasteiger partial charge in [-0.05, 0) is 19.1 Å². The van der Waals surface area contributed by atoms with E-state index in [1.165, 1.54) is 6.20 Å². The zero-order valence-corrected chi connectivity index (χ0v) is 17.1. The zero-order chi connectivity index (χ0) is 20.7. The summed E-state index contributed by atoms with van der Waals surface area (Å²) in [4.78, 5) is 7.25. The summed E-state index contributed by atoms with van der Waals surface area (Å²) in [7, 11) is -3.78. The number of fused-ring (bicyclic) bond motifs is 1. The first-order chi connectivity index (χ1) is 14.6. The van der Waals surface area contributed by atoms with Crippen LogP contribution in [0.2, 0.25) is 0 Å². The van der Waals surface area contributed by atoms with E-state index in [2.05, 4.69) is 20.2 Å². The van der Waals surface area contributed by atoms with Crippen LogP contribution in [0, 0.1) is 0 Å². The third-order valence-corrected chi connectivity index (χ3v) is 7.01. The molecule has 5 rings (SSSR count). The molecule has 1 aliphatic rings. The van der Waals surface area contributed by atoms with Crippen molar-refractivity contribution in [2.45, 2.75) is 22.8 Å². The lowest BCUT2D eigenvalue weighted by Crippen LogP contribution is -2.44. The average Bonchev–Trinajstić information content (AvgIpc) is 3.43. The number of aromatic amines is 1. The number of H-pyrrole nitrogens is 1. The van der Waals surface area contributed by atoms with Gasteiger partial charge in [0.15, 0.2) is 11.5 Å². The largest absolute Gasteiger partial charge is 0.377 e. The van der Waals surface area contributed by atoms with Gasteiger partial charge in [-0.2, -0.15) is 14.9 Å². The molecule has 4 aromatic rings. The Morgan fingerprint density at radius 1 is 1.17 bits per heavy atom. The van der Waals surface area contributed by atoms with E-state index in [-0.39, 0.29) is 15.8 Å². The highest BCUT2D eigenvalue weighted by atomic mass is 32.2. The highest BCUT2D eigenvalue weighted by molar-refractivity contribution is 7.91. The van der Waals surface area contributed by atoms with Crippen molar-refractivity contribution in [3.05, 3.63) is 54.9 Å². The topological polar surface area (TPSA) is 106 Å². The van der Waals surface area contributed by atoms with Crippen molar-refractivity contribution in [1.29, 1.82) is 0 Å². The Kier molecular flexibility index (Phi) is 4.52. The van der Waals surface area contributed by atoms with E-state index in [0.29, 0.717) is 42.4 Å². The molecule has 3 aromatic heterocycles. The SMILES string of the molecule is C[C@@H]1COCCN1c1cc(S(=O)(=O)c2ccccc2)c2cnn(-c3cc[nH]n3)c2n1. The molecule has 154 valence electrons. The van der Waals surface area contributed by atoms with Gasteiger partial charge in [0.2, 0.25) is 9.84 Å². The van der Waals surface area contributed by atoms with Crippen LogP contribution in [0.1, 0.15) is 6.92 Å². The summed E-state index contributed by atoms with van der Waals surface area (Å²) >= 11 is 0. The molecule has 0 aliphatic carbocycles. The lowest BCUT2D eigenvalue weighted by atomic mass is 10.2. The molecule has 1 aromatic carbocycles. The molecule has 0 saturated carbocycles. The normalized spacial score (nSPS) is 17.5. The van der Waals surface area contributed by atoms with Crippen LogP contribution in [0.5, 0.6) is 0 Å². The molecule has 0 spiro atoms. The molecule has 1 aliphatic heterocycles.